The molecule has 61 heavy (non-hydrogen) atoms. The van der Waals surface area contributed by atoms with E-state index >= 15 is 0 Å². The van der Waals surface area contributed by atoms with Gasteiger partial charge in [0, 0.05) is 52.6 Å². The molecule has 5 aromatic rings. The smallest absolute Gasteiger partial charge is 0.422 e. The molecule has 1 fully saturated rings. The van der Waals surface area contributed by atoms with Crippen molar-refractivity contribution in [2.75, 3.05) is 41.0 Å². The van der Waals surface area contributed by atoms with Gasteiger partial charge in [-0.3, -0.25) is 14.4 Å². The molecule has 318 valence electrons. The van der Waals surface area contributed by atoms with Crippen LogP contribution in [0, 0.1) is 13.8 Å². The van der Waals surface area contributed by atoms with Crippen LogP contribution in [0.4, 0.5) is 48.1 Å². The van der Waals surface area contributed by atoms with E-state index in [9.17, 15) is 37.5 Å². The maximum atomic E-state index is 13.0. The van der Waals surface area contributed by atoms with Crippen LogP contribution >= 0.6 is 11.6 Å². The SMILES string of the molecule is Cc1cc(C)nc(N(C)c2ccc(NC(=O)C(=O)NCC[C@H](NC(=O)c3ccc(Nc4nc(NC5(c6ccc(Cl)cc6)CC5)nc(OCC(F)(F)F)n4)cc3)C(=O)O)cc2)n1. The van der Waals surface area contributed by atoms with Crippen molar-refractivity contribution in [3.8, 4) is 6.01 Å². The second kappa shape index (κ2) is 18.4. The molecule has 2 aromatic heterocycles. The van der Waals surface area contributed by atoms with Crippen LogP contribution in [0.2, 0.25) is 5.02 Å². The van der Waals surface area contributed by atoms with E-state index in [-0.39, 0.29) is 30.4 Å². The van der Waals surface area contributed by atoms with Gasteiger partial charge in [-0.15, -0.1) is 0 Å². The lowest BCUT2D eigenvalue weighted by Crippen LogP contribution is -2.44. The number of ether oxygens (including phenoxy) is 1. The van der Waals surface area contributed by atoms with Crippen molar-refractivity contribution < 1.29 is 42.2 Å². The van der Waals surface area contributed by atoms with Gasteiger partial charge >= 0.3 is 30.0 Å². The fourth-order valence-corrected chi connectivity index (χ4v) is 6.07. The van der Waals surface area contributed by atoms with Crippen molar-refractivity contribution in [1.29, 1.82) is 0 Å². The third-order valence-corrected chi connectivity index (χ3v) is 9.44. The minimum Gasteiger partial charge on any atom is -0.480 e. The van der Waals surface area contributed by atoms with E-state index in [1.165, 1.54) is 24.3 Å². The number of carboxylic acid groups (broad SMARTS) is 1. The first-order chi connectivity index (χ1) is 28.9. The molecule has 1 atom stereocenters. The Morgan fingerprint density at radius 3 is 2.08 bits per heavy atom. The lowest BCUT2D eigenvalue weighted by Gasteiger charge is -2.19. The summed E-state index contributed by atoms with van der Waals surface area (Å²) in [6, 6.07) is 19.2. The van der Waals surface area contributed by atoms with Gasteiger partial charge in [0.15, 0.2) is 6.61 Å². The van der Waals surface area contributed by atoms with Gasteiger partial charge in [-0.25, -0.2) is 14.8 Å². The summed E-state index contributed by atoms with van der Waals surface area (Å²) in [6.45, 7) is 1.83. The number of aliphatic carboxylic acids is 1. The van der Waals surface area contributed by atoms with Crippen molar-refractivity contribution in [2.45, 2.75) is 50.9 Å². The first-order valence-electron chi connectivity index (χ1n) is 18.6. The zero-order chi connectivity index (χ0) is 43.9. The Morgan fingerprint density at radius 1 is 0.852 bits per heavy atom. The molecule has 1 saturated carbocycles. The molecule has 2 heterocycles. The number of halogens is 4. The minimum atomic E-state index is -4.65. The van der Waals surface area contributed by atoms with E-state index in [2.05, 4.69) is 51.5 Å². The molecule has 3 aromatic carbocycles. The number of benzene rings is 3. The molecule has 0 unspecified atom stereocenters. The predicted molar refractivity (Wildman–Crippen MR) is 218 cm³/mol. The molecule has 1 aliphatic carbocycles. The Kier molecular flexibility index (Phi) is 13.2. The number of nitrogens with zero attached hydrogens (tertiary/aromatic N) is 6. The minimum absolute atomic E-state index is 0.0476. The largest absolute Gasteiger partial charge is 0.480 e. The highest BCUT2D eigenvalue weighted by molar-refractivity contribution is 6.39. The second-order valence-electron chi connectivity index (χ2n) is 14.0. The van der Waals surface area contributed by atoms with Gasteiger partial charge in [-0.05, 0) is 105 Å². The van der Waals surface area contributed by atoms with Crippen molar-refractivity contribution in [2.24, 2.45) is 0 Å². The molecule has 1 aliphatic rings. The molecular formula is C40H39ClF3N11O6. The Bertz CT molecular complexity index is 2380. The summed E-state index contributed by atoms with van der Waals surface area (Å²) in [7, 11) is 1.79. The number of hydrogen-bond acceptors (Lipinski definition) is 13. The standard InChI is InChI=1S/C40H39ClF3N11O6/c1-22-20-23(2)47-37(46-22)55(3)29-14-12-27(13-15-29)48-33(58)32(57)45-19-16-30(34(59)60)50-31(56)24-4-10-28(11-5-24)49-35-51-36(53-38(52-35)61-21-40(42,43)44)54-39(17-18-39)25-6-8-26(41)9-7-25/h4-15,20,30H,16-19,21H2,1-3H3,(H,45,57)(H,48,58)(H,50,56)(H,59,60)(H2,49,51,52,53,54)/t30-/m0/s1. The van der Waals surface area contributed by atoms with Gasteiger partial charge in [0.05, 0.1) is 5.54 Å². The third-order valence-electron chi connectivity index (χ3n) is 9.19. The van der Waals surface area contributed by atoms with Crippen LogP contribution in [0.1, 0.15) is 46.6 Å². The molecule has 0 spiro atoms. The lowest BCUT2D eigenvalue weighted by molar-refractivity contribution is -0.154. The monoisotopic (exact) mass is 861 g/mol. The number of carbonyl (C=O) groups excluding carboxylic acids is 3. The highest BCUT2D eigenvalue weighted by atomic mass is 35.5. The predicted octanol–water partition coefficient (Wildman–Crippen LogP) is 5.81. The zero-order valence-electron chi connectivity index (χ0n) is 32.8. The molecule has 0 bridgehead atoms. The number of amides is 3. The molecule has 0 aliphatic heterocycles. The van der Waals surface area contributed by atoms with Crippen LogP contribution in [0.25, 0.3) is 0 Å². The van der Waals surface area contributed by atoms with Gasteiger partial charge in [0.1, 0.15) is 6.04 Å². The van der Waals surface area contributed by atoms with E-state index in [0.717, 1.165) is 22.6 Å². The number of alkyl halides is 3. The van der Waals surface area contributed by atoms with E-state index < -0.39 is 54.1 Å². The van der Waals surface area contributed by atoms with Gasteiger partial charge in [0.25, 0.3) is 5.91 Å². The number of carbonyl (C=O) groups is 4. The fraction of sp³-hybridized carbons (Fsp3) is 0.275. The molecule has 6 rings (SSSR count). The van der Waals surface area contributed by atoms with Crippen molar-refractivity contribution in [1.82, 2.24) is 35.6 Å². The Morgan fingerprint density at radius 2 is 1.48 bits per heavy atom. The number of anilines is 6. The fourth-order valence-electron chi connectivity index (χ4n) is 5.95. The average molecular weight is 862 g/mol. The quantitative estimate of drug-likeness (QED) is 0.0644. The molecule has 6 N–H and O–H groups in total. The van der Waals surface area contributed by atoms with Crippen LogP contribution in [0.15, 0.2) is 78.9 Å². The van der Waals surface area contributed by atoms with E-state index in [1.807, 2.05) is 32.0 Å². The van der Waals surface area contributed by atoms with E-state index in [1.54, 1.807) is 48.3 Å². The van der Waals surface area contributed by atoms with E-state index in [4.69, 9.17) is 16.3 Å². The summed E-state index contributed by atoms with van der Waals surface area (Å²) >= 11 is 6.03. The van der Waals surface area contributed by atoms with Crippen LogP contribution in [-0.2, 0) is 19.9 Å². The van der Waals surface area contributed by atoms with Crippen LogP contribution in [0.3, 0.4) is 0 Å². The highest BCUT2D eigenvalue weighted by Crippen LogP contribution is 2.48. The maximum Gasteiger partial charge on any atom is 0.422 e. The van der Waals surface area contributed by atoms with Crippen molar-refractivity contribution in [3.63, 3.8) is 0 Å². The van der Waals surface area contributed by atoms with Crippen LogP contribution in [-0.4, -0.2) is 86.1 Å². The van der Waals surface area contributed by atoms with Gasteiger partial charge in [-0.2, -0.15) is 28.1 Å². The molecule has 17 nitrogen and oxygen atoms in total. The van der Waals surface area contributed by atoms with Gasteiger partial charge in [-0.1, -0.05) is 23.7 Å². The summed E-state index contributed by atoms with van der Waals surface area (Å²) < 4.78 is 43.8. The first kappa shape index (κ1) is 43.5. The normalized spacial score (nSPS) is 13.3. The second-order valence-corrected chi connectivity index (χ2v) is 14.4. The summed E-state index contributed by atoms with van der Waals surface area (Å²) in [5, 5.41) is 23.5. The summed E-state index contributed by atoms with van der Waals surface area (Å²) in [6.07, 6.45) is -3.52. The highest BCUT2D eigenvalue weighted by Gasteiger charge is 2.45. The van der Waals surface area contributed by atoms with Crippen molar-refractivity contribution in [3.05, 3.63) is 106 Å². The Labute approximate surface area is 351 Å². The molecular weight excluding hydrogens is 823 g/mol. The number of carboxylic acids is 1. The molecule has 0 saturated heterocycles. The number of rotatable bonds is 16. The van der Waals surface area contributed by atoms with Gasteiger partial charge < -0.3 is 41.3 Å². The van der Waals surface area contributed by atoms with Crippen molar-refractivity contribution >= 4 is 70.2 Å². The maximum absolute atomic E-state index is 13.0. The Hall–Kier alpha value is -7.09. The summed E-state index contributed by atoms with van der Waals surface area (Å²) in [5.41, 5.74) is 3.37. The number of hydrogen-bond donors (Lipinski definition) is 6. The Balaban J connectivity index is 1.01. The van der Waals surface area contributed by atoms with Crippen LogP contribution < -0.4 is 36.2 Å². The lowest BCUT2D eigenvalue weighted by atomic mass is 10.1. The number of aryl methyl sites for hydroxylation is 2. The zero-order valence-corrected chi connectivity index (χ0v) is 33.6. The van der Waals surface area contributed by atoms with E-state index in [0.29, 0.717) is 35.2 Å². The van der Waals surface area contributed by atoms with Gasteiger partial charge in [0.2, 0.25) is 17.8 Å². The number of nitrogens with one attached hydrogen (secondary N) is 5. The summed E-state index contributed by atoms with van der Waals surface area (Å²) in [5.74, 6) is -3.85. The first-order valence-corrected chi connectivity index (χ1v) is 19.0. The molecule has 3 amide bonds. The number of aromatic nitrogens is 5. The van der Waals surface area contributed by atoms with Crippen LogP contribution in [0.5, 0.6) is 6.01 Å². The molecule has 0 radical (unpaired) electrons. The average Bonchev–Trinajstić information content (AvgIpc) is 3.99. The molecule has 21 heteroatoms. The summed E-state index contributed by atoms with van der Waals surface area (Å²) in [4.78, 5) is 73.0. The third kappa shape index (κ3) is 12.0. The topological polar surface area (TPSA) is 226 Å².